The number of rotatable bonds is 5. The number of carbonyl (C=O) groups is 2. The minimum atomic E-state index is -0.797. The van der Waals surface area contributed by atoms with Crippen LogP contribution < -0.4 is 14.8 Å². The quantitative estimate of drug-likeness (QED) is 0.661. The molecule has 1 aromatic carbocycles. The van der Waals surface area contributed by atoms with Crippen molar-refractivity contribution < 1.29 is 23.8 Å². The van der Waals surface area contributed by atoms with Gasteiger partial charge in [-0.3, -0.25) is 4.79 Å². The summed E-state index contributed by atoms with van der Waals surface area (Å²) >= 11 is 0. The number of fused-ring (bicyclic) bond motifs is 1. The fraction of sp³-hybridized carbons (Fsp3) is 0.375. The van der Waals surface area contributed by atoms with E-state index in [0.717, 1.165) is 18.4 Å². The Morgan fingerprint density at radius 1 is 1.32 bits per heavy atom. The number of hydrogen-bond donors (Lipinski definition) is 1. The average molecular weight is 303 g/mol. The van der Waals surface area contributed by atoms with Gasteiger partial charge < -0.3 is 19.5 Å². The molecule has 0 aromatic heterocycles. The van der Waals surface area contributed by atoms with Gasteiger partial charge >= 0.3 is 5.97 Å². The van der Waals surface area contributed by atoms with Gasteiger partial charge in [0, 0.05) is 12.1 Å². The van der Waals surface area contributed by atoms with Crippen molar-refractivity contribution >= 4 is 18.0 Å². The fourth-order valence-electron chi connectivity index (χ4n) is 1.99. The maximum atomic E-state index is 11.7. The summed E-state index contributed by atoms with van der Waals surface area (Å²) in [5.41, 5.74) is 0.788. The number of amides is 1. The van der Waals surface area contributed by atoms with Gasteiger partial charge in [0.25, 0.3) is 5.91 Å². The standard InChI is InChI=1S/C16H17NO5/c1-10(16(19)17-12-4-5-12)22-15(18)7-3-11-2-6-13-14(8-11)21-9-20-13/h2-3,6-8,10,12H,4-5,9H2,1H3,(H,17,19). The van der Waals surface area contributed by atoms with Crippen LogP contribution in [0.25, 0.3) is 6.08 Å². The molecule has 0 spiro atoms. The number of hydrogen-bond acceptors (Lipinski definition) is 5. The second-order valence-electron chi connectivity index (χ2n) is 5.31. The smallest absolute Gasteiger partial charge is 0.331 e. The van der Waals surface area contributed by atoms with Gasteiger partial charge in [0.15, 0.2) is 17.6 Å². The van der Waals surface area contributed by atoms with E-state index in [0.29, 0.717) is 11.5 Å². The average Bonchev–Trinajstić information content (AvgIpc) is 3.19. The lowest BCUT2D eigenvalue weighted by molar-refractivity contribution is -0.150. The number of benzene rings is 1. The molecule has 0 radical (unpaired) electrons. The highest BCUT2D eigenvalue weighted by atomic mass is 16.7. The van der Waals surface area contributed by atoms with Crippen LogP contribution in [0.1, 0.15) is 25.3 Å². The van der Waals surface area contributed by atoms with Gasteiger partial charge in [0.05, 0.1) is 0 Å². The van der Waals surface area contributed by atoms with E-state index in [9.17, 15) is 9.59 Å². The summed E-state index contributed by atoms with van der Waals surface area (Å²) in [6.07, 6.45) is 4.09. The minimum absolute atomic E-state index is 0.207. The molecule has 1 amide bonds. The molecule has 0 saturated heterocycles. The second-order valence-corrected chi connectivity index (χ2v) is 5.31. The Kier molecular flexibility index (Phi) is 4.00. The SMILES string of the molecule is CC(OC(=O)C=Cc1ccc2c(c1)OCO2)C(=O)NC1CC1. The monoisotopic (exact) mass is 303 g/mol. The molecule has 1 aliphatic heterocycles. The van der Waals surface area contributed by atoms with Crippen LogP contribution in [-0.4, -0.2) is 30.8 Å². The van der Waals surface area contributed by atoms with Crippen molar-refractivity contribution in [3.8, 4) is 11.5 Å². The first-order valence-corrected chi connectivity index (χ1v) is 7.20. The molecule has 1 unspecified atom stereocenters. The van der Waals surface area contributed by atoms with Crippen molar-refractivity contribution in [3.05, 3.63) is 29.8 Å². The Bertz CT molecular complexity index is 621. The molecular formula is C16H17NO5. The van der Waals surface area contributed by atoms with Crippen LogP contribution in [0.15, 0.2) is 24.3 Å². The van der Waals surface area contributed by atoms with Crippen LogP contribution in [-0.2, 0) is 14.3 Å². The second kappa shape index (κ2) is 6.09. The topological polar surface area (TPSA) is 73.9 Å². The first-order valence-electron chi connectivity index (χ1n) is 7.20. The van der Waals surface area contributed by atoms with E-state index in [1.165, 1.54) is 6.08 Å². The van der Waals surface area contributed by atoms with Crippen molar-refractivity contribution in [1.82, 2.24) is 5.32 Å². The first-order chi connectivity index (χ1) is 10.6. The normalized spacial score (nSPS) is 17.3. The molecule has 22 heavy (non-hydrogen) atoms. The van der Waals surface area contributed by atoms with Gasteiger partial charge in [0.1, 0.15) is 0 Å². The van der Waals surface area contributed by atoms with Crippen LogP contribution in [0.5, 0.6) is 11.5 Å². The number of ether oxygens (including phenoxy) is 3. The van der Waals surface area contributed by atoms with Crippen molar-refractivity contribution in [3.63, 3.8) is 0 Å². The predicted molar refractivity (Wildman–Crippen MR) is 78.3 cm³/mol. The molecule has 6 nitrogen and oxygen atoms in total. The maximum absolute atomic E-state index is 11.7. The molecule has 6 heteroatoms. The number of nitrogens with one attached hydrogen (secondary N) is 1. The van der Waals surface area contributed by atoms with E-state index in [1.807, 2.05) is 0 Å². The van der Waals surface area contributed by atoms with E-state index >= 15 is 0 Å². The van der Waals surface area contributed by atoms with Gasteiger partial charge in [-0.05, 0) is 43.5 Å². The van der Waals surface area contributed by atoms with E-state index in [-0.39, 0.29) is 18.7 Å². The molecule has 3 rings (SSSR count). The lowest BCUT2D eigenvalue weighted by atomic mass is 10.2. The molecule has 1 fully saturated rings. The molecule has 1 heterocycles. The number of carbonyl (C=O) groups excluding carboxylic acids is 2. The largest absolute Gasteiger partial charge is 0.454 e. The summed E-state index contributed by atoms with van der Waals surface area (Å²) in [6.45, 7) is 1.77. The third-order valence-corrected chi connectivity index (χ3v) is 3.39. The summed E-state index contributed by atoms with van der Waals surface area (Å²) in [4.78, 5) is 23.4. The first kappa shape index (κ1) is 14.4. The molecule has 0 bridgehead atoms. The summed E-state index contributed by atoms with van der Waals surface area (Å²) in [5, 5.41) is 2.79. The minimum Gasteiger partial charge on any atom is -0.454 e. The Balaban J connectivity index is 1.53. The van der Waals surface area contributed by atoms with Crippen molar-refractivity contribution in [2.75, 3.05) is 6.79 Å². The summed E-state index contributed by atoms with van der Waals surface area (Å²) in [6, 6.07) is 5.60. The predicted octanol–water partition coefficient (Wildman–Crippen LogP) is 1.64. The zero-order chi connectivity index (χ0) is 15.5. The van der Waals surface area contributed by atoms with E-state index in [1.54, 1.807) is 31.2 Å². The van der Waals surface area contributed by atoms with Crippen molar-refractivity contribution in [2.45, 2.75) is 31.9 Å². The van der Waals surface area contributed by atoms with Gasteiger partial charge in [-0.1, -0.05) is 6.07 Å². The highest BCUT2D eigenvalue weighted by Crippen LogP contribution is 2.32. The Morgan fingerprint density at radius 3 is 2.86 bits per heavy atom. The molecule has 1 atom stereocenters. The van der Waals surface area contributed by atoms with E-state index < -0.39 is 12.1 Å². The van der Waals surface area contributed by atoms with Gasteiger partial charge in [-0.25, -0.2) is 4.79 Å². The van der Waals surface area contributed by atoms with Gasteiger partial charge in [0.2, 0.25) is 6.79 Å². The van der Waals surface area contributed by atoms with Crippen molar-refractivity contribution in [1.29, 1.82) is 0 Å². The Hall–Kier alpha value is -2.50. The third-order valence-electron chi connectivity index (χ3n) is 3.39. The highest BCUT2D eigenvalue weighted by molar-refractivity contribution is 5.90. The van der Waals surface area contributed by atoms with Crippen LogP contribution in [0, 0.1) is 0 Å². The zero-order valence-electron chi connectivity index (χ0n) is 12.2. The maximum Gasteiger partial charge on any atom is 0.331 e. The Labute approximate surface area is 128 Å². The molecule has 1 saturated carbocycles. The molecule has 116 valence electrons. The van der Waals surface area contributed by atoms with Crippen LogP contribution in [0.2, 0.25) is 0 Å². The molecule has 1 N–H and O–H groups in total. The molecule has 1 aromatic rings. The highest BCUT2D eigenvalue weighted by Gasteiger charge is 2.26. The lowest BCUT2D eigenvalue weighted by Crippen LogP contribution is -2.36. The summed E-state index contributed by atoms with van der Waals surface area (Å²) in [5.74, 6) is 0.515. The third kappa shape index (κ3) is 3.58. The Morgan fingerprint density at radius 2 is 2.09 bits per heavy atom. The van der Waals surface area contributed by atoms with Crippen LogP contribution in [0.3, 0.4) is 0 Å². The van der Waals surface area contributed by atoms with E-state index in [4.69, 9.17) is 14.2 Å². The zero-order valence-corrected chi connectivity index (χ0v) is 12.2. The fourth-order valence-corrected chi connectivity index (χ4v) is 1.99. The molecule has 2 aliphatic rings. The van der Waals surface area contributed by atoms with Gasteiger partial charge in [-0.15, -0.1) is 0 Å². The molecular weight excluding hydrogens is 286 g/mol. The van der Waals surface area contributed by atoms with Crippen LogP contribution >= 0.6 is 0 Å². The number of esters is 1. The summed E-state index contributed by atoms with van der Waals surface area (Å²) in [7, 11) is 0. The van der Waals surface area contributed by atoms with E-state index in [2.05, 4.69) is 5.32 Å². The van der Waals surface area contributed by atoms with Gasteiger partial charge in [-0.2, -0.15) is 0 Å². The van der Waals surface area contributed by atoms with Crippen molar-refractivity contribution in [2.24, 2.45) is 0 Å². The summed E-state index contributed by atoms with van der Waals surface area (Å²) < 4.78 is 15.5. The molecule has 1 aliphatic carbocycles. The lowest BCUT2D eigenvalue weighted by Gasteiger charge is -2.11. The van der Waals surface area contributed by atoms with Crippen LogP contribution in [0.4, 0.5) is 0 Å².